The summed E-state index contributed by atoms with van der Waals surface area (Å²) in [7, 11) is 1.95. The van der Waals surface area contributed by atoms with Crippen molar-refractivity contribution in [2.24, 2.45) is 5.41 Å². The number of hydrogen-bond acceptors (Lipinski definition) is 4. The van der Waals surface area contributed by atoms with Gasteiger partial charge in [-0.05, 0) is 66.1 Å². The number of amides is 1. The van der Waals surface area contributed by atoms with Gasteiger partial charge in [-0.3, -0.25) is 4.79 Å². The number of hydrogen-bond donors (Lipinski definition) is 1. The van der Waals surface area contributed by atoms with E-state index in [-0.39, 0.29) is 11.3 Å². The molecule has 0 unspecified atom stereocenters. The van der Waals surface area contributed by atoms with Crippen molar-refractivity contribution < 1.29 is 14.7 Å². The number of carbonyl (C=O) groups excluding carboxylic acids is 1. The van der Waals surface area contributed by atoms with Crippen molar-refractivity contribution in [3.8, 4) is 10.4 Å². The van der Waals surface area contributed by atoms with Crippen LogP contribution in [0, 0.1) is 5.41 Å². The van der Waals surface area contributed by atoms with Crippen LogP contribution in [0.4, 0.5) is 5.69 Å². The normalized spacial score (nSPS) is 17.5. The van der Waals surface area contributed by atoms with E-state index in [1.807, 2.05) is 35.0 Å². The highest BCUT2D eigenvalue weighted by molar-refractivity contribution is 7.16. The van der Waals surface area contributed by atoms with Gasteiger partial charge in [0, 0.05) is 42.0 Å². The molecule has 1 aromatic heterocycles. The van der Waals surface area contributed by atoms with Crippen molar-refractivity contribution in [2.75, 3.05) is 18.5 Å². The van der Waals surface area contributed by atoms with Crippen molar-refractivity contribution in [1.82, 2.24) is 4.90 Å². The molecule has 1 N–H and O–H groups in total. The Morgan fingerprint density at radius 2 is 2.13 bits per heavy atom. The number of anilines is 1. The molecule has 2 heterocycles. The Kier molecular flexibility index (Phi) is 5.69. The summed E-state index contributed by atoms with van der Waals surface area (Å²) in [5.41, 5.74) is 4.35. The number of aryl methyl sites for hydroxylation is 1. The zero-order valence-electron chi connectivity index (χ0n) is 18.5. The fraction of sp³-hybridized carbons (Fsp3) is 0.440. The monoisotopic (exact) mass is 438 g/mol. The van der Waals surface area contributed by atoms with Crippen molar-refractivity contribution in [3.05, 3.63) is 52.5 Å². The van der Waals surface area contributed by atoms with E-state index in [2.05, 4.69) is 20.4 Å². The van der Waals surface area contributed by atoms with Crippen LogP contribution in [0.5, 0.6) is 0 Å². The maximum atomic E-state index is 12.4. The van der Waals surface area contributed by atoms with Crippen LogP contribution in [-0.4, -0.2) is 35.5 Å². The van der Waals surface area contributed by atoms with Gasteiger partial charge in [-0.25, -0.2) is 4.79 Å². The van der Waals surface area contributed by atoms with Gasteiger partial charge in [-0.2, -0.15) is 0 Å². The molecular formula is C25H30N2O3S. The van der Waals surface area contributed by atoms with Crippen LogP contribution >= 0.6 is 11.3 Å². The molecule has 1 aliphatic carbocycles. The molecule has 6 heteroatoms. The fourth-order valence-corrected chi connectivity index (χ4v) is 6.03. The first kappa shape index (κ1) is 21.6. The third kappa shape index (κ3) is 4.13. The molecule has 5 nitrogen and oxygen atoms in total. The molecule has 4 rings (SSSR count). The summed E-state index contributed by atoms with van der Waals surface area (Å²) >= 11 is 1.62. The minimum Gasteiger partial charge on any atom is -0.478 e. The molecule has 1 aliphatic heterocycles. The fourth-order valence-electron chi connectivity index (χ4n) is 4.67. The average molecular weight is 439 g/mol. The highest BCUT2D eigenvalue weighted by atomic mass is 32.1. The van der Waals surface area contributed by atoms with Gasteiger partial charge in [0.1, 0.15) is 0 Å². The molecule has 2 aromatic rings. The quantitative estimate of drug-likeness (QED) is 0.662. The topological polar surface area (TPSA) is 60.9 Å². The lowest BCUT2D eigenvalue weighted by atomic mass is 9.76. The first-order chi connectivity index (χ1) is 14.7. The molecule has 1 fully saturated rings. The summed E-state index contributed by atoms with van der Waals surface area (Å²) in [5.74, 6) is -0.733. The van der Waals surface area contributed by atoms with Gasteiger partial charge in [0.15, 0.2) is 0 Å². The van der Waals surface area contributed by atoms with Crippen LogP contribution in [0.15, 0.2) is 31.0 Å². The summed E-state index contributed by atoms with van der Waals surface area (Å²) < 4.78 is 0. The highest BCUT2D eigenvalue weighted by Crippen LogP contribution is 2.46. The Morgan fingerprint density at radius 3 is 2.77 bits per heavy atom. The van der Waals surface area contributed by atoms with E-state index < -0.39 is 5.97 Å². The second-order valence-corrected chi connectivity index (χ2v) is 10.5. The zero-order valence-corrected chi connectivity index (χ0v) is 19.3. The molecular weight excluding hydrogens is 408 g/mol. The van der Waals surface area contributed by atoms with Crippen LogP contribution < -0.4 is 4.90 Å². The van der Waals surface area contributed by atoms with Crippen molar-refractivity contribution in [1.29, 1.82) is 0 Å². The van der Waals surface area contributed by atoms with Gasteiger partial charge >= 0.3 is 5.97 Å². The molecule has 1 saturated heterocycles. The zero-order chi connectivity index (χ0) is 22.3. The molecule has 0 atom stereocenters. The maximum Gasteiger partial charge on any atom is 0.337 e. The van der Waals surface area contributed by atoms with E-state index in [0.717, 1.165) is 52.9 Å². The number of carboxylic acid groups (broad SMARTS) is 1. The molecule has 0 spiro atoms. The van der Waals surface area contributed by atoms with Gasteiger partial charge in [-0.1, -0.05) is 26.5 Å². The summed E-state index contributed by atoms with van der Waals surface area (Å²) in [6, 6.07) is 6.03. The largest absolute Gasteiger partial charge is 0.478 e. The Balaban J connectivity index is 1.89. The van der Waals surface area contributed by atoms with Crippen LogP contribution in [-0.2, 0) is 24.2 Å². The van der Waals surface area contributed by atoms with Crippen LogP contribution in [0.25, 0.3) is 10.4 Å². The van der Waals surface area contributed by atoms with Crippen LogP contribution in [0.2, 0.25) is 0 Å². The van der Waals surface area contributed by atoms with Gasteiger partial charge < -0.3 is 14.9 Å². The summed E-state index contributed by atoms with van der Waals surface area (Å²) in [6.07, 6.45) is 5.96. The van der Waals surface area contributed by atoms with E-state index in [1.54, 1.807) is 17.5 Å². The van der Waals surface area contributed by atoms with Crippen molar-refractivity contribution in [2.45, 2.75) is 52.5 Å². The number of rotatable bonds is 6. The average Bonchev–Trinajstić information content (AvgIpc) is 3.30. The van der Waals surface area contributed by atoms with Gasteiger partial charge in [0.05, 0.1) is 5.56 Å². The number of benzene rings is 1. The lowest BCUT2D eigenvalue weighted by Gasteiger charge is -2.29. The third-order valence-corrected chi connectivity index (χ3v) is 7.77. The second-order valence-electron chi connectivity index (χ2n) is 9.44. The Bertz CT molecular complexity index is 1050. The standard InChI is InChI=1S/C25H30N2O3S/c1-5-26(4)15-16-8-9-17(27-12-6-7-21(27)28)13-18(16)23-22(24(29)30)19-14-25(2,3)11-10-20(19)31-23/h5,8-9,13H,1,6-7,10-12,14-15H2,2-4H3,(H,29,30). The molecule has 0 saturated carbocycles. The Morgan fingerprint density at radius 1 is 1.35 bits per heavy atom. The second kappa shape index (κ2) is 8.15. The summed E-state index contributed by atoms with van der Waals surface area (Å²) in [6.45, 7) is 9.61. The molecule has 2 aliphatic rings. The van der Waals surface area contributed by atoms with E-state index in [0.29, 0.717) is 25.1 Å². The number of carboxylic acids is 1. The van der Waals surface area contributed by atoms with Crippen LogP contribution in [0.1, 0.15) is 59.5 Å². The molecule has 1 amide bonds. The number of fused-ring (bicyclic) bond motifs is 1. The maximum absolute atomic E-state index is 12.4. The molecule has 31 heavy (non-hydrogen) atoms. The van der Waals surface area contributed by atoms with Gasteiger partial charge in [0.2, 0.25) is 5.91 Å². The van der Waals surface area contributed by atoms with E-state index in [4.69, 9.17) is 0 Å². The predicted molar refractivity (Wildman–Crippen MR) is 126 cm³/mol. The lowest BCUT2D eigenvalue weighted by molar-refractivity contribution is -0.117. The summed E-state index contributed by atoms with van der Waals surface area (Å²) in [4.78, 5) is 30.6. The molecule has 0 radical (unpaired) electrons. The number of nitrogens with zero attached hydrogens (tertiary/aromatic N) is 2. The van der Waals surface area contributed by atoms with Crippen LogP contribution in [0.3, 0.4) is 0 Å². The molecule has 164 valence electrons. The van der Waals surface area contributed by atoms with Crippen molar-refractivity contribution in [3.63, 3.8) is 0 Å². The minimum atomic E-state index is -0.865. The van der Waals surface area contributed by atoms with Crippen molar-refractivity contribution >= 4 is 28.9 Å². The Labute approximate surface area is 188 Å². The summed E-state index contributed by atoms with van der Waals surface area (Å²) in [5, 5.41) is 10.2. The third-order valence-electron chi connectivity index (χ3n) is 6.44. The first-order valence-electron chi connectivity index (χ1n) is 10.8. The van der Waals surface area contributed by atoms with Gasteiger partial charge in [-0.15, -0.1) is 11.3 Å². The molecule has 0 bridgehead atoms. The SMILES string of the molecule is C=CN(C)Cc1ccc(N2CCCC2=O)cc1-c1sc2c(c1C(=O)O)CC(C)(C)CC2. The van der Waals surface area contributed by atoms with E-state index >= 15 is 0 Å². The van der Waals surface area contributed by atoms with E-state index in [1.165, 1.54) is 4.88 Å². The predicted octanol–water partition coefficient (Wildman–Crippen LogP) is 5.33. The lowest BCUT2D eigenvalue weighted by Crippen LogP contribution is -2.24. The van der Waals surface area contributed by atoms with E-state index in [9.17, 15) is 14.7 Å². The highest BCUT2D eigenvalue weighted by Gasteiger charge is 2.34. The Hall–Kier alpha value is -2.60. The minimum absolute atomic E-state index is 0.102. The smallest absolute Gasteiger partial charge is 0.337 e. The van der Waals surface area contributed by atoms with Gasteiger partial charge in [0.25, 0.3) is 0 Å². The first-order valence-corrected chi connectivity index (χ1v) is 11.7. The number of thiophene rings is 1. The molecule has 1 aromatic carbocycles. The number of carbonyl (C=O) groups is 2. The number of aromatic carboxylic acids is 1.